The van der Waals surface area contributed by atoms with Gasteiger partial charge in [0.15, 0.2) is 0 Å². The number of nitriles is 2. The average molecular weight is 370 g/mol. The van der Waals surface area contributed by atoms with Crippen LogP contribution in [-0.4, -0.2) is 9.97 Å². The van der Waals surface area contributed by atoms with Gasteiger partial charge in [0.05, 0.1) is 22.4 Å². The first kappa shape index (κ1) is 16.9. The van der Waals surface area contributed by atoms with Gasteiger partial charge in [0.25, 0.3) is 0 Å². The molecule has 0 saturated heterocycles. The van der Waals surface area contributed by atoms with Crippen molar-refractivity contribution in [3.63, 3.8) is 0 Å². The van der Waals surface area contributed by atoms with Crippen LogP contribution in [0.15, 0.2) is 72.3 Å². The third-order valence-electron chi connectivity index (χ3n) is 5.21. The Balaban J connectivity index is 1.77. The fraction of sp³-hybridized carbons (Fsp3) is 0.0400. The van der Waals surface area contributed by atoms with Crippen molar-refractivity contribution in [2.75, 3.05) is 0 Å². The molecule has 0 saturated carbocycles. The predicted octanol–water partition coefficient (Wildman–Crippen LogP) is 5.43. The van der Waals surface area contributed by atoms with Gasteiger partial charge in [-0.15, -0.1) is 0 Å². The van der Waals surface area contributed by atoms with E-state index < -0.39 is 0 Å². The summed E-state index contributed by atoms with van der Waals surface area (Å²) in [6.45, 7) is 2.07. The van der Waals surface area contributed by atoms with E-state index in [4.69, 9.17) is 9.97 Å². The summed E-state index contributed by atoms with van der Waals surface area (Å²) in [6.07, 6.45) is 0. The van der Waals surface area contributed by atoms with E-state index in [9.17, 15) is 10.5 Å². The van der Waals surface area contributed by atoms with Crippen molar-refractivity contribution in [3.8, 4) is 34.5 Å². The van der Waals surface area contributed by atoms with Crippen LogP contribution in [0.1, 0.15) is 16.8 Å². The van der Waals surface area contributed by atoms with Gasteiger partial charge in [0.1, 0.15) is 17.7 Å². The summed E-state index contributed by atoms with van der Waals surface area (Å²) in [5.41, 5.74) is 8.60. The molecule has 0 aliphatic heterocycles. The summed E-state index contributed by atoms with van der Waals surface area (Å²) in [5, 5.41) is 18.9. The topological polar surface area (TPSA) is 73.4 Å². The summed E-state index contributed by atoms with van der Waals surface area (Å²) in [6, 6.07) is 26.1. The van der Waals surface area contributed by atoms with Crippen molar-refractivity contribution < 1.29 is 0 Å². The zero-order valence-electron chi connectivity index (χ0n) is 15.6. The van der Waals surface area contributed by atoms with E-state index in [1.807, 2.05) is 54.6 Å². The first-order valence-electron chi connectivity index (χ1n) is 9.23. The Hall–Kier alpha value is -4.28. The molecule has 0 spiro atoms. The molecule has 0 atom stereocenters. The van der Waals surface area contributed by atoms with Gasteiger partial charge in [-0.05, 0) is 35.7 Å². The van der Waals surface area contributed by atoms with Gasteiger partial charge in [-0.1, -0.05) is 60.2 Å². The van der Waals surface area contributed by atoms with Gasteiger partial charge in [0, 0.05) is 11.1 Å². The van der Waals surface area contributed by atoms with E-state index in [0.717, 1.165) is 33.3 Å². The molecule has 5 rings (SSSR count). The maximum absolute atomic E-state index is 9.45. The number of nitrogens with zero attached hydrogens (tertiary/aromatic N) is 4. The third-order valence-corrected chi connectivity index (χ3v) is 5.21. The number of hydrogen-bond acceptors (Lipinski definition) is 4. The van der Waals surface area contributed by atoms with Crippen LogP contribution >= 0.6 is 0 Å². The van der Waals surface area contributed by atoms with E-state index in [0.29, 0.717) is 17.0 Å². The van der Waals surface area contributed by atoms with E-state index >= 15 is 0 Å². The molecule has 29 heavy (non-hydrogen) atoms. The van der Waals surface area contributed by atoms with Gasteiger partial charge in [-0.3, -0.25) is 0 Å². The Morgan fingerprint density at radius 3 is 2.10 bits per heavy atom. The van der Waals surface area contributed by atoms with Gasteiger partial charge in [0.2, 0.25) is 0 Å². The summed E-state index contributed by atoms with van der Waals surface area (Å²) in [5.74, 6) is 0. The molecule has 0 radical (unpaired) electrons. The van der Waals surface area contributed by atoms with Gasteiger partial charge in [-0.25, -0.2) is 9.97 Å². The van der Waals surface area contributed by atoms with E-state index in [1.54, 1.807) is 0 Å². The minimum atomic E-state index is 0.0566. The van der Waals surface area contributed by atoms with Crippen LogP contribution in [0.3, 0.4) is 0 Å². The molecular weight excluding hydrogens is 356 g/mol. The van der Waals surface area contributed by atoms with Crippen LogP contribution in [0.4, 0.5) is 0 Å². The number of rotatable bonds is 1. The second-order valence-electron chi connectivity index (χ2n) is 7.01. The highest BCUT2D eigenvalue weighted by Crippen LogP contribution is 2.44. The highest BCUT2D eigenvalue weighted by Gasteiger charge is 2.29. The Bertz CT molecular complexity index is 1400. The lowest BCUT2D eigenvalue weighted by Gasteiger charge is -2.07. The van der Waals surface area contributed by atoms with E-state index in [-0.39, 0.29) is 5.57 Å². The van der Waals surface area contributed by atoms with Crippen LogP contribution < -0.4 is 0 Å². The standard InChI is InChI=1S/C25H14N4/c1-15-6-8-16(9-7-15)17-10-11-21-22(12-17)29-24-20-5-3-2-4-19(20)23(25(24)28-21)18(13-26)14-27/h2-12H,1H3. The predicted molar refractivity (Wildman–Crippen MR) is 112 cm³/mol. The second kappa shape index (κ2) is 6.41. The van der Waals surface area contributed by atoms with Crippen molar-refractivity contribution in [1.82, 2.24) is 9.97 Å². The molecule has 3 aromatic carbocycles. The zero-order valence-corrected chi connectivity index (χ0v) is 15.6. The highest BCUT2D eigenvalue weighted by molar-refractivity contribution is 6.03. The Morgan fingerprint density at radius 2 is 1.38 bits per heavy atom. The summed E-state index contributed by atoms with van der Waals surface area (Å²) in [4.78, 5) is 9.68. The van der Waals surface area contributed by atoms with Crippen LogP contribution in [0.25, 0.3) is 39.0 Å². The number of aromatic nitrogens is 2. The molecule has 0 bridgehead atoms. The van der Waals surface area contributed by atoms with Crippen LogP contribution in [-0.2, 0) is 0 Å². The number of fused-ring (bicyclic) bond motifs is 4. The number of hydrogen-bond donors (Lipinski definition) is 0. The lowest BCUT2D eigenvalue weighted by molar-refractivity contribution is 1.27. The lowest BCUT2D eigenvalue weighted by atomic mass is 10.0. The van der Waals surface area contributed by atoms with Crippen molar-refractivity contribution in [2.45, 2.75) is 6.92 Å². The Labute approximate surface area is 168 Å². The molecule has 1 aliphatic rings. The monoisotopic (exact) mass is 370 g/mol. The fourth-order valence-electron chi connectivity index (χ4n) is 3.77. The largest absolute Gasteiger partial charge is 0.244 e. The lowest BCUT2D eigenvalue weighted by Crippen LogP contribution is -1.94. The number of allylic oxidation sites excluding steroid dienone is 1. The summed E-state index contributed by atoms with van der Waals surface area (Å²) >= 11 is 0. The SMILES string of the molecule is Cc1ccc(-c2ccc3nc4c(nc3c2)-c2ccccc2C4=C(C#N)C#N)cc1. The summed E-state index contributed by atoms with van der Waals surface area (Å²) in [7, 11) is 0. The minimum absolute atomic E-state index is 0.0566. The molecule has 134 valence electrons. The van der Waals surface area contributed by atoms with E-state index in [1.165, 1.54) is 5.56 Å². The van der Waals surface area contributed by atoms with E-state index in [2.05, 4.69) is 31.2 Å². The van der Waals surface area contributed by atoms with Crippen LogP contribution in [0, 0.1) is 29.6 Å². The fourth-order valence-corrected chi connectivity index (χ4v) is 3.77. The first-order valence-corrected chi connectivity index (χ1v) is 9.23. The molecule has 0 fully saturated rings. The quantitative estimate of drug-likeness (QED) is 0.369. The molecule has 0 N–H and O–H groups in total. The molecule has 4 heteroatoms. The zero-order chi connectivity index (χ0) is 20.0. The van der Waals surface area contributed by atoms with Crippen LogP contribution in [0.5, 0.6) is 0 Å². The highest BCUT2D eigenvalue weighted by atomic mass is 14.8. The molecule has 1 aliphatic carbocycles. The first-order chi connectivity index (χ1) is 14.2. The van der Waals surface area contributed by atoms with Gasteiger partial charge >= 0.3 is 0 Å². The van der Waals surface area contributed by atoms with Crippen molar-refractivity contribution in [1.29, 1.82) is 10.5 Å². The molecule has 4 nitrogen and oxygen atoms in total. The Morgan fingerprint density at radius 1 is 0.724 bits per heavy atom. The van der Waals surface area contributed by atoms with Gasteiger partial charge < -0.3 is 0 Å². The molecule has 1 aromatic heterocycles. The average Bonchev–Trinajstić information content (AvgIpc) is 3.07. The Kier molecular flexibility index (Phi) is 3.72. The maximum Gasteiger partial charge on any atom is 0.139 e. The van der Waals surface area contributed by atoms with Crippen LogP contribution in [0.2, 0.25) is 0 Å². The molecule has 0 unspecified atom stereocenters. The smallest absolute Gasteiger partial charge is 0.139 e. The minimum Gasteiger partial charge on any atom is -0.244 e. The van der Waals surface area contributed by atoms with Crippen molar-refractivity contribution in [3.05, 3.63) is 89.1 Å². The molecule has 4 aromatic rings. The third kappa shape index (κ3) is 2.59. The molecule has 0 amide bonds. The molecule has 1 heterocycles. The van der Waals surface area contributed by atoms with Crippen molar-refractivity contribution >= 4 is 16.6 Å². The molecular formula is C25H14N4. The number of aryl methyl sites for hydroxylation is 1. The summed E-state index contributed by atoms with van der Waals surface area (Å²) < 4.78 is 0. The van der Waals surface area contributed by atoms with Gasteiger partial charge in [-0.2, -0.15) is 10.5 Å². The second-order valence-corrected chi connectivity index (χ2v) is 7.01. The maximum atomic E-state index is 9.45. The number of benzene rings is 3. The normalized spacial score (nSPS) is 11.5. The van der Waals surface area contributed by atoms with Crippen molar-refractivity contribution in [2.24, 2.45) is 0 Å².